The van der Waals surface area contributed by atoms with Crippen LogP contribution in [-0.2, 0) is 0 Å². The average molecular weight is 472 g/mol. The van der Waals surface area contributed by atoms with Crippen molar-refractivity contribution in [2.24, 2.45) is 0 Å². The third-order valence-corrected chi connectivity index (χ3v) is 21.6. The molecule has 0 radical (unpaired) electrons. The molecule has 0 aliphatic heterocycles. The van der Waals surface area contributed by atoms with Crippen LogP contribution in [0.25, 0.3) is 0 Å². The molecule has 0 spiro atoms. The van der Waals surface area contributed by atoms with Crippen LogP contribution < -0.4 is 8.48 Å². The fourth-order valence-corrected chi connectivity index (χ4v) is 20.2. The van der Waals surface area contributed by atoms with E-state index in [4.69, 9.17) is 0 Å². The van der Waals surface area contributed by atoms with Gasteiger partial charge in [0.25, 0.3) is 0 Å². The summed E-state index contributed by atoms with van der Waals surface area (Å²) in [6.07, 6.45) is 8.26. The van der Waals surface area contributed by atoms with Crippen LogP contribution in [0.15, 0.2) is 54.6 Å². The van der Waals surface area contributed by atoms with Crippen LogP contribution in [0, 0.1) is 0 Å². The minimum absolute atomic E-state index is 1.27. The van der Waals surface area contributed by atoms with Crippen LogP contribution in [0.4, 0.5) is 11.4 Å². The van der Waals surface area contributed by atoms with E-state index in [0.717, 1.165) is 0 Å². The van der Waals surface area contributed by atoms with Gasteiger partial charge in [0.2, 0.25) is 0 Å². The van der Waals surface area contributed by atoms with E-state index in [9.17, 15) is 0 Å². The Hall–Kier alpha value is -0.961. The van der Waals surface area contributed by atoms with E-state index in [2.05, 4.69) is 87.3 Å². The summed E-state index contributed by atoms with van der Waals surface area (Å²) in [5.41, 5.74) is 2.62. The van der Waals surface area contributed by atoms with Crippen LogP contribution in [-0.4, -0.2) is 25.4 Å². The Kier molecular flexibility index (Phi) is 9.75. The Morgan fingerprint density at radius 3 is 1.70 bits per heavy atom. The zero-order valence-electron chi connectivity index (χ0n) is 18.0. The Balaban J connectivity index is 2.38. The van der Waals surface area contributed by atoms with Gasteiger partial charge in [-0.05, 0) is 0 Å². The molecule has 0 saturated carbocycles. The monoisotopic (exact) mass is 473 g/mol. The second-order valence-corrected chi connectivity index (χ2v) is 21.3. The van der Waals surface area contributed by atoms with Gasteiger partial charge in [-0.3, -0.25) is 0 Å². The SMILES string of the molecule is CCC[CH2][Sn]([CH2]CCC)([CH2]CCC)[c]1cccc(N(C)c2ccccc2)c1. The van der Waals surface area contributed by atoms with E-state index >= 15 is 0 Å². The molecule has 0 N–H and O–H groups in total. The molecule has 0 aliphatic rings. The molecule has 2 heteroatoms. The predicted octanol–water partition coefficient (Wildman–Crippen LogP) is 7.51. The van der Waals surface area contributed by atoms with Gasteiger partial charge in [-0.25, -0.2) is 0 Å². The maximum absolute atomic E-state index is 2.56. The van der Waals surface area contributed by atoms with Crippen molar-refractivity contribution >= 4 is 33.3 Å². The first-order chi connectivity index (χ1) is 13.2. The van der Waals surface area contributed by atoms with Gasteiger partial charge in [-0.1, -0.05) is 0 Å². The fraction of sp³-hybridized carbons (Fsp3) is 0.520. The summed E-state index contributed by atoms with van der Waals surface area (Å²) in [6, 6.07) is 20.4. The molecular formula is C25H39NSn. The molecular weight excluding hydrogens is 433 g/mol. The predicted molar refractivity (Wildman–Crippen MR) is 125 cm³/mol. The van der Waals surface area contributed by atoms with Crippen molar-refractivity contribution in [3.8, 4) is 0 Å². The Labute approximate surface area is 172 Å². The second kappa shape index (κ2) is 11.8. The molecule has 0 heterocycles. The number of rotatable bonds is 12. The molecule has 2 aromatic rings. The molecule has 148 valence electrons. The van der Waals surface area contributed by atoms with Gasteiger partial charge < -0.3 is 0 Å². The zero-order valence-corrected chi connectivity index (χ0v) is 20.9. The van der Waals surface area contributed by atoms with Crippen molar-refractivity contribution in [3.63, 3.8) is 0 Å². The standard InChI is InChI=1S/C13H12N.3C4H9.Sn/c1-14(12-8-4-2-5-9-12)13-10-6-3-7-11-13;3*1-3-4-2;/h2-6,8-11H,1H3;3*1,3-4H2,2H3;. The summed E-state index contributed by atoms with van der Waals surface area (Å²) < 4.78 is 6.36. The molecule has 0 unspecified atom stereocenters. The molecule has 2 aromatic carbocycles. The van der Waals surface area contributed by atoms with E-state index in [0.29, 0.717) is 0 Å². The normalized spacial score (nSPS) is 11.6. The van der Waals surface area contributed by atoms with Crippen LogP contribution in [0.2, 0.25) is 13.3 Å². The van der Waals surface area contributed by atoms with Gasteiger partial charge in [0.1, 0.15) is 0 Å². The molecule has 0 saturated heterocycles. The van der Waals surface area contributed by atoms with E-state index < -0.39 is 18.4 Å². The topological polar surface area (TPSA) is 3.24 Å². The fourth-order valence-electron chi connectivity index (χ4n) is 4.20. The molecule has 2 rings (SSSR count). The van der Waals surface area contributed by atoms with E-state index in [1.165, 1.54) is 63.2 Å². The van der Waals surface area contributed by atoms with Gasteiger partial charge in [-0.15, -0.1) is 0 Å². The van der Waals surface area contributed by atoms with Crippen LogP contribution in [0.5, 0.6) is 0 Å². The number of benzene rings is 2. The summed E-state index contributed by atoms with van der Waals surface area (Å²) in [7, 11) is 2.20. The maximum atomic E-state index is 2.56. The van der Waals surface area contributed by atoms with E-state index in [1.807, 2.05) is 0 Å². The molecule has 0 amide bonds. The van der Waals surface area contributed by atoms with Gasteiger partial charge in [-0.2, -0.15) is 0 Å². The van der Waals surface area contributed by atoms with Crippen molar-refractivity contribution in [1.29, 1.82) is 0 Å². The third kappa shape index (κ3) is 6.27. The number of hydrogen-bond donors (Lipinski definition) is 0. The van der Waals surface area contributed by atoms with Crippen LogP contribution in [0.3, 0.4) is 0 Å². The van der Waals surface area contributed by atoms with Crippen molar-refractivity contribution in [2.45, 2.75) is 72.6 Å². The van der Waals surface area contributed by atoms with Crippen LogP contribution >= 0.6 is 0 Å². The Morgan fingerprint density at radius 1 is 0.667 bits per heavy atom. The average Bonchev–Trinajstić information content (AvgIpc) is 2.73. The Morgan fingerprint density at radius 2 is 1.19 bits per heavy atom. The number of para-hydroxylation sites is 1. The minimum atomic E-state index is -2.35. The third-order valence-electron chi connectivity index (χ3n) is 6.02. The van der Waals surface area contributed by atoms with Gasteiger partial charge in [0.05, 0.1) is 0 Å². The number of hydrogen-bond acceptors (Lipinski definition) is 1. The number of unbranched alkanes of at least 4 members (excludes halogenated alkanes) is 3. The quantitative estimate of drug-likeness (QED) is 0.289. The van der Waals surface area contributed by atoms with Gasteiger partial charge in [0, 0.05) is 0 Å². The molecule has 0 bridgehead atoms. The summed E-state index contributed by atoms with van der Waals surface area (Å²) in [5, 5.41) is 0. The zero-order chi connectivity index (χ0) is 19.5. The van der Waals surface area contributed by atoms with Gasteiger partial charge in [0.15, 0.2) is 0 Å². The molecule has 0 aromatic heterocycles. The van der Waals surface area contributed by atoms with E-state index in [1.54, 1.807) is 3.58 Å². The second-order valence-electron chi connectivity index (χ2n) is 8.04. The van der Waals surface area contributed by atoms with Crippen molar-refractivity contribution in [3.05, 3.63) is 54.6 Å². The van der Waals surface area contributed by atoms with Crippen molar-refractivity contribution < 1.29 is 0 Å². The Bertz CT molecular complexity index is 631. The first-order valence-corrected chi connectivity index (χ1v) is 18.5. The summed E-state index contributed by atoms with van der Waals surface area (Å²) in [5.74, 6) is 0. The number of nitrogens with zero attached hydrogens (tertiary/aromatic N) is 1. The number of anilines is 2. The van der Waals surface area contributed by atoms with Crippen molar-refractivity contribution in [2.75, 3.05) is 11.9 Å². The summed E-state index contributed by atoms with van der Waals surface area (Å²) >= 11 is -2.35. The molecule has 0 aliphatic carbocycles. The van der Waals surface area contributed by atoms with Crippen LogP contribution in [0.1, 0.15) is 59.3 Å². The summed E-state index contributed by atoms with van der Waals surface area (Å²) in [6.45, 7) is 7.07. The summed E-state index contributed by atoms with van der Waals surface area (Å²) in [4.78, 5) is 2.35. The van der Waals surface area contributed by atoms with E-state index in [-0.39, 0.29) is 0 Å². The molecule has 0 fully saturated rings. The molecule has 1 nitrogen and oxygen atoms in total. The first kappa shape index (κ1) is 22.3. The van der Waals surface area contributed by atoms with Gasteiger partial charge >= 0.3 is 172 Å². The van der Waals surface area contributed by atoms with Crippen molar-refractivity contribution in [1.82, 2.24) is 0 Å². The first-order valence-electron chi connectivity index (χ1n) is 11.1. The molecule has 0 atom stereocenters. The molecule has 27 heavy (non-hydrogen) atoms.